The van der Waals surface area contributed by atoms with Crippen LogP contribution in [0.5, 0.6) is 11.5 Å². The Morgan fingerprint density at radius 3 is 2.80 bits per heavy atom. The monoisotopic (exact) mass is 344 g/mol. The average Bonchev–Trinajstić information content (AvgIpc) is 2.58. The van der Waals surface area contributed by atoms with E-state index in [2.05, 4.69) is 26.8 Å². The number of carbonyl (C=O) groups is 1. The maximum absolute atomic E-state index is 11.9. The normalized spacial score (nSPS) is 22.9. The highest BCUT2D eigenvalue weighted by Crippen LogP contribution is 2.49. The molecule has 0 bridgehead atoms. The molecule has 3 rings (SSSR count). The van der Waals surface area contributed by atoms with Crippen molar-refractivity contribution < 1.29 is 14.6 Å². The summed E-state index contributed by atoms with van der Waals surface area (Å²) in [6.07, 6.45) is 8.19. The Bertz CT molecular complexity index is 632. The van der Waals surface area contributed by atoms with Crippen LogP contribution >= 0.6 is 0 Å². The summed E-state index contributed by atoms with van der Waals surface area (Å²) in [5, 5.41) is 10.7. The summed E-state index contributed by atoms with van der Waals surface area (Å²) < 4.78 is 6.02. The Morgan fingerprint density at radius 2 is 2.04 bits per heavy atom. The number of ketones is 1. The third kappa shape index (κ3) is 3.86. The number of Topliss-reactive ketones (excluding diaryl/α,β-unsaturated/α-hetero) is 1. The predicted octanol–water partition coefficient (Wildman–Crippen LogP) is 5.49. The number of fused-ring (bicyclic) bond motifs is 3. The van der Waals surface area contributed by atoms with Crippen LogP contribution in [0.2, 0.25) is 0 Å². The van der Waals surface area contributed by atoms with E-state index >= 15 is 0 Å². The molecule has 1 aromatic carbocycles. The van der Waals surface area contributed by atoms with Crippen LogP contribution in [-0.2, 0) is 10.2 Å². The molecule has 2 aliphatic rings. The van der Waals surface area contributed by atoms with Gasteiger partial charge in [-0.1, -0.05) is 46.5 Å². The smallest absolute Gasteiger partial charge is 0.133 e. The van der Waals surface area contributed by atoms with Crippen molar-refractivity contribution >= 4 is 5.78 Å². The highest BCUT2D eigenvalue weighted by atomic mass is 16.5. The lowest BCUT2D eigenvalue weighted by molar-refractivity contribution is -0.122. The number of rotatable bonds is 6. The van der Waals surface area contributed by atoms with Gasteiger partial charge in [0.1, 0.15) is 17.3 Å². The molecule has 1 saturated carbocycles. The molecular weight excluding hydrogens is 312 g/mol. The van der Waals surface area contributed by atoms with Crippen LogP contribution in [0, 0.1) is 5.92 Å². The van der Waals surface area contributed by atoms with E-state index in [-0.39, 0.29) is 11.3 Å². The quantitative estimate of drug-likeness (QED) is 0.695. The molecule has 1 heterocycles. The Kier molecular flexibility index (Phi) is 5.41. The molecule has 0 saturated heterocycles. The first-order valence-corrected chi connectivity index (χ1v) is 9.94. The minimum Gasteiger partial charge on any atom is -0.508 e. The van der Waals surface area contributed by atoms with E-state index in [0.29, 0.717) is 36.9 Å². The van der Waals surface area contributed by atoms with Crippen LogP contribution in [0.15, 0.2) is 12.1 Å². The van der Waals surface area contributed by atoms with Gasteiger partial charge in [-0.15, -0.1) is 0 Å². The van der Waals surface area contributed by atoms with Gasteiger partial charge in [0.05, 0.1) is 6.61 Å². The molecule has 0 radical (unpaired) electrons. The van der Waals surface area contributed by atoms with Crippen LogP contribution in [0.3, 0.4) is 0 Å². The molecule has 0 unspecified atom stereocenters. The summed E-state index contributed by atoms with van der Waals surface area (Å²) in [7, 11) is 0. The molecule has 0 amide bonds. The van der Waals surface area contributed by atoms with Gasteiger partial charge < -0.3 is 9.84 Å². The Morgan fingerprint density at radius 1 is 1.24 bits per heavy atom. The van der Waals surface area contributed by atoms with E-state index in [9.17, 15) is 9.90 Å². The molecule has 25 heavy (non-hydrogen) atoms. The molecule has 3 nitrogen and oxygen atoms in total. The van der Waals surface area contributed by atoms with E-state index in [1.165, 1.54) is 25.7 Å². The van der Waals surface area contributed by atoms with Gasteiger partial charge in [-0.3, -0.25) is 4.79 Å². The third-order valence-corrected chi connectivity index (χ3v) is 6.19. The standard InChI is InChI=1S/C22H32O3/c1-4-5-6-7-10-22(2,3)16-11-19(24)21-18-13-17(23)9-8-15(18)14-25-20(21)12-16/h11-12,15,18,24H,4-10,13-14H2,1-3H3/t15-,18+/m0/s1. The first-order chi connectivity index (χ1) is 11.9. The van der Waals surface area contributed by atoms with E-state index in [4.69, 9.17) is 4.74 Å². The zero-order valence-electron chi connectivity index (χ0n) is 15.9. The van der Waals surface area contributed by atoms with E-state index < -0.39 is 0 Å². The minimum absolute atomic E-state index is 0.0167. The van der Waals surface area contributed by atoms with Crippen molar-refractivity contribution in [2.24, 2.45) is 5.92 Å². The van der Waals surface area contributed by atoms with Crippen LogP contribution in [0.4, 0.5) is 0 Å². The number of phenols is 1. The number of aromatic hydroxyl groups is 1. The van der Waals surface area contributed by atoms with Crippen LogP contribution in [0.25, 0.3) is 0 Å². The van der Waals surface area contributed by atoms with Gasteiger partial charge >= 0.3 is 0 Å². The molecule has 2 atom stereocenters. The Hall–Kier alpha value is -1.51. The molecule has 1 aliphatic carbocycles. The number of phenolic OH excluding ortho intramolecular Hbond substituents is 1. The molecule has 1 aliphatic heterocycles. The summed E-state index contributed by atoms with van der Waals surface area (Å²) in [6.45, 7) is 7.39. The van der Waals surface area contributed by atoms with Crippen molar-refractivity contribution in [1.29, 1.82) is 0 Å². The van der Waals surface area contributed by atoms with Crippen molar-refractivity contribution in [2.45, 2.75) is 83.5 Å². The molecule has 3 heteroatoms. The molecular formula is C22H32O3. The van der Waals surface area contributed by atoms with E-state index in [1.54, 1.807) is 0 Å². The number of hydrogen-bond donors (Lipinski definition) is 1. The van der Waals surface area contributed by atoms with Crippen molar-refractivity contribution in [2.75, 3.05) is 6.61 Å². The molecule has 1 fully saturated rings. The van der Waals surface area contributed by atoms with Gasteiger partial charge in [-0.2, -0.15) is 0 Å². The first-order valence-electron chi connectivity index (χ1n) is 9.94. The number of unbranched alkanes of at least 4 members (excludes halogenated alkanes) is 3. The Labute approximate surface area is 151 Å². The zero-order chi connectivity index (χ0) is 18.0. The lowest BCUT2D eigenvalue weighted by atomic mass is 9.72. The van der Waals surface area contributed by atoms with Gasteiger partial charge in [0.15, 0.2) is 0 Å². The largest absolute Gasteiger partial charge is 0.508 e. The summed E-state index contributed by atoms with van der Waals surface area (Å²) in [6, 6.07) is 4.04. The van der Waals surface area contributed by atoms with Crippen LogP contribution in [-0.4, -0.2) is 17.5 Å². The van der Waals surface area contributed by atoms with Gasteiger partial charge in [-0.05, 0) is 36.0 Å². The van der Waals surface area contributed by atoms with Crippen LogP contribution in [0.1, 0.15) is 89.2 Å². The lowest BCUT2D eigenvalue weighted by Gasteiger charge is -2.37. The summed E-state index contributed by atoms with van der Waals surface area (Å²) in [5.41, 5.74) is 2.03. The van der Waals surface area contributed by atoms with Gasteiger partial charge in [-0.25, -0.2) is 0 Å². The fourth-order valence-electron chi connectivity index (χ4n) is 4.43. The van der Waals surface area contributed by atoms with Gasteiger partial charge in [0, 0.05) is 30.2 Å². The molecule has 138 valence electrons. The van der Waals surface area contributed by atoms with Crippen molar-refractivity contribution in [1.82, 2.24) is 0 Å². The zero-order valence-corrected chi connectivity index (χ0v) is 15.9. The van der Waals surface area contributed by atoms with E-state index in [1.807, 2.05) is 6.07 Å². The number of benzene rings is 1. The SMILES string of the molecule is CCCCCCC(C)(C)c1cc(O)c2c(c1)OC[C@@H]1CCC(=O)C[C@@H]21. The Balaban J connectivity index is 1.83. The molecule has 0 spiro atoms. The predicted molar refractivity (Wildman–Crippen MR) is 100 cm³/mol. The van der Waals surface area contributed by atoms with Gasteiger partial charge in [0.2, 0.25) is 0 Å². The fraction of sp³-hybridized carbons (Fsp3) is 0.682. The van der Waals surface area contributed by atoms with Crippen LogP contribution < -0.4 is 4.74 Å². The second kappa shape index (κ2) is 7.39. The van der Waals surface area contributed by atoms with E-state index in [0.717, 1.165) is 29.7 Å². The average molecular weight is 344 g/mol. The maximum atomic E-state index is 11.9. The summed E-state index contributed by atoms with van der Waals surface area (Å²) in [4.78, 5) is 11.9. The minimum atomic E-state index is 0.0167. The topological polar surface area (TPSA) is 46.5 Å². The number of hydrogen-bond acceptors (Lipinski definition) is 3. The second-order valence-electron chi connectivity index (χ2n) is 8.56. The third-order valence-electron chi connectivity index (χ3n) is 6.19. The first kappa shape index (κ1) is 18.3. The van der Waals surface area contributed by atoms with Crippen molar-refractivity contribution in [3.8, 4) is 11.5 Å². The second-order valence-corrected chi connectivity index (χ2v) is 8.56. The lowest BCUT2D eigenvalue weighted by Crippen LogP contribution is -2.32. The highest BCUT2D eigenvalue weighted by molar-refractivity contribution is 5.80. The molecule has 1 N–H and O–H groups in total. The molecule has 1 aromatic rings. The maximum Gasteiger partial charge on any atom is 0.133 e. The summed E-state index contributed by atoms with van der Waals surface area (Å²) in [5.74, 6) is 1.93. The number of ether oxygens (including phenoxy) is 1. The highest BCUT2D eigenvalue weighted by Gasteiger charge is 2.38. The number of carbonyl (C=O) groups excluding carboxylic acids is 1. The van der Waals surface area contributed by atoms with Crippen molar-refractivity contribution in [3.63, 3.8) is 0 Å². The van der Waals surface area contributed by atoms with Crippen molar-refractivity contribution in [3.05, 3.63) is 23.3 Å². The summed E-state index contributed by atoms with van der Waals surface area (Å²) >= 11 is 0. The fourth-order valence-corrected chi connectivity index (χ4v) is 4.43. The molecule has 0 aromatic heterocycles. The van der Waals surface area contributed by atoms with Gasteiger partial charge in [0.25, 0.3) is 0 Å².